The van der Waals surface area contributed by atoms with Crippen molar-refractivity contribution < 1.29 is 33.3 Å². The van der Waals surface area contributed by atoms with E-state index in [2.05, 4.69) is 11.9 Å². The number of esters is 1. The van der Waals surface area contributed by atoms with Gasteiger partial charge < -0.3 is 29.0 Å². The zero-order chi connectivity index (χ0) is 23.3. The molecule has 2 rings (SSSR count). The Morgan fingerprint density at radius 1 is 1.00 bits per heavy atom. The number of ether oxygens (including phenoxy) is 5. The molecule has 0 spiro atoms. The molecule has 0 saturated heterocycles. The second kappa shape index (κ2) is 12.9. The number of rotatable bonds is 12. The average molecular weight is 441 g/mol. The number of benzene rings is 2. The first-order valence-electron chi connectivity index (χ1n) is 9.74. The van der Waals surface area contributed by atoms with Crippen molar-refractivity contribution in [3.05, 3.63) is 66.8 Å². The maximum atomic E-state index is 12.3. The van der Waals surface area contributed by atoms with Gasteiger partial charge in [-0.05, 0) is 35.4 Å². The molecular weight excluding hydrogens is 414 g/mol. The first kappa shape index (κ1) is 24.6. The molecule has 0 fully saturated rings. The van der Waals surface area contributed by atoms with Crippen molar-refractivity contribution in [2.45, 2.75) is 0 Å². The Morgan fingerprint density at radius 2 is 1.75 bits per heavy atom. The van der Waals surface area contributed by atoms with Crippen LogP contribution in [0, 0.1) is 0 Å². The van der Waals surface area contributed by atoms with E-state index in [0.717, 1.165) is 11.1 Å². The van der Waals surface area contributed by atoms with E-state index in [4.69, 9.17) is 23.7 Å². The molecule has 0 aromatic heterocycles. The van der Waals surface area contributed by atoms with E-state index >= 15 is 0 Å². The predicted octanol–water partition coefficient (Wildman–Crippen LogP) is 3.83. The second-order valence-electron chi connectivity index (χ2n) is 6.36. The Kier molecular flexibility index (Phi) is 9.96. The van der Waals surface area contributed by atoms with Crippen LogP contribution in [-0.2, 0) is 19.0 Å². The third-order valence-electron chi connectivity index (χ3n) is 4.29. The van der Waals surface area contributed by atoms with Crippen LogP contribution in [0.3, 0.4) is 0 Å². The van der Waals surface area contributed by atoms with E-state index in [1.807, 2.05) is 6.07 Å². The van der Waals surface area contributed by atoms with Crippen LogP contribution in [-0.4, -0.2) is 53.2 Å². The molecule has 0 aliphatic heterocycles. The van der Waals surface area contributed by atoms with Gasteiger partial charge in [0.15, 0.2) is 18.3 Å². The zero-order valence-corrected chi connectivity index (χ0v) is 18.4. The highest BCUT2D eigenvalue weighted by Crippen LogP contribution is 2.34. The van der Waals surface area contributed by atoms with Crippen molar-refractivity contribution in [2.75, 3.05) is 46.7 Å². The van der Waals surface area contributed by atoms with Crippen LogP contribution < -0.4 is 14.8 Å². The molecule has 1 amide bonds. The van der Waals surface area contributed by atoms with Crippen LogP contribution in [0.4, 0.5) is 5.69 Å². The van der Waals surface area contributed by atoms with Gasteiger partial charge in [0.05, 0.1) is 38.7 Å². The lowest BCUT2D eigenvalue weighted by Crippen LogP contribution is -2.13. The molecule has 8 heteroatoms. The Balaban J connectivity index is 2.27. The van der Waals surface area contributed by atoms with Crippen LogP contribution >= 0.6 is 0 Å². The Morgan fingerprint density at radius 3 is 2.44 bits per heavy atom. The largest absolute Gasteiger partial charge is 0.493 e. The number of carbonyl (C=O) groups excluding carboxylic acids is 2. The second-order valence-corrected chi connectivity index (χ2v) is 6.36. The highest BCUT2D eigenvalue weighted by atomic mass is 16.7. The summed E-state index contributed by atoms with van der Waals surface area (Å²) in [6, 6.07) is 10.4. The fourth-order valence-corrected chi connectivity index (χ4v) is 2.71. The van der Waals surface area contributed by atoms with Crippen LogP contribution in [0.25, 0.3) is 11.1 Å². The predicted molar refractivity (Wildman–Crippen MR) is 121 cm³/mol. The van der Waals surface area contributed by atoms with E-state index < -0.39 is 11.9 Å². The number of nitrogens with one attached hydrogen (secondary N) is 1. The molecule has 2 aromatic rings. The molecule has 1 N–H and O–H groups in total. The molecule has 0 bridgehead atoms. The molecule has 0 saturated carbocycles. The van der Waals surface area contributed by atoms with Gasteiger partial charge in [0, 0.05) is 13.2 Å². The molecular formula is C24H27NO7. The van der Waals surface area contributed by atoms with Gasteiger partial charge in [-0.15, -0.1) is 0 Å². The van der Waals surface area contributed by atoms with Crippen molar-refractivity contribution >= 4 is 17.6 Å². The summed E-state index contributed by atoms with van der Waals surface area (Å²) in [6.07, 6.45) is 4.29. The van der Waals surface area contributed by atoms with Gasteiger partial charge in [0.1, 0.15) is 0 Å². The quantitative estimate of drug-likeness (QED) is 0.176. The van der Waals surface area contributed by atoms with Gasteiger partial charge in [-0.1, -0.05) is 30.9 Å². The topological polar surface area (TPSA) is 92.3 Å². The van der Waals surface area contributed by atoms with Crippen LogP contribution in [0.1, 0.15) is 10.4 Å². The Hall–Kier alpha value is -3.62. The monoisotopic (exact) mass is 441 g/mol. The van der Waals surface area contributed by atoms with Gasteiger partial charge in [0.25, 0.3) is 0 Å². The van der Waals surface area contributed by atoms with Gasteiger partial charge in [0.2, 0.25) is 5.91 Å². The summed E-state index contributed by atoms with van der Waals surface area (Å²) in [5.74, 6) is 0.0535. The number of hydrogen-bond donors (Lipinski definition) is 1. The number of hydrogen-bond acceptors (Lipinski definition) is 7. The molecule has 32 heavy (non-hydrogen) atoms. The number of allylic oxidation sites excluding steroid dienone is 2. The molecule has 0 radical (unpaired) electrons. The summed E-state index contributed by atoms with van der Waals surface area (Å²) in [4.78, 5) is 24.3. The minimum atomic E-state index is -0.574. The van der Waals surface area contributed by atoms with Gasteiger partial charge in [-0.2, -0.15) is 0 Å². The summed E-state index contributed by atoms with van der Waals surface area (Å²) in [5, 5.41) is 2.67. The maximum Gasteiger partial charge on any atom is 0.339 e. The van der Waals surface area contributed by atoms with E-state index in [0.29, 0.717) is 30.4 Å². The normalized spacial score (nSPS) is 10.6. The third-order valence-corrected chi connectivity index (χ3v) is 4.29. The summed E-state index contributed by atoms with van der Waals surface area (Å²) in [6.45, 7) is 4.47. The minimum absolute atomic E-state index is 0.0558. The molecule has 0 unspecified atom stereocenters. The molecule has 0 atom stereocenters. The van der Waals surface area contributed by atoms with Crippen molar-refractivity contribution in [3.8, 4) is 22.6 Å². The van der Waals surface area contributed by atoms with Crippen molar-refractivity contribution in [1.82, 2.24) is 0 Å². The lowest BCUT2D eigenvalue weighted by atomic mass is 10.0. The fraction of sp³-hybridized carbons (Fsp3) is 0.250. The first-order chi connectivity index (χ1) is 15.5. The van der Waals surface area contributed by atoms with Crippen molar-refractivity contribution in [2.24, 2.45) is 0 Å². The van der Waals surface area contributed by atoms with Gasteiger partial charge >= 0.3 is 5.97 Å². The molecule has 0 heterocycles. The van der Waals surface area contributed by atoms with Crippen LogP contribution in [0.2, 0.25) is 0 Å². The fourth-order valence-electron chi connectivity index (χ4n) is 2.71. The summed E-state index contributed by atoms with van der Waals surface area (Å²) in [5.41, 5.74) is 2.06. The molecule has 170 valence electrons. The average Bonchev–Trinajstić information content (AvgIpc) is 2.82. The lowest BCUT2D eigenvalue weighted by molar-refractivity contribution is -0.111. The van der Waals surface area contributed by atoms with E-state index in [-0.39, 0.29) is 12.4 Å². The van der Waals surface area contributed by atoms with E-state index in [1.54, 1.807) is 37.4 Å². The summed E-state index contributed by atoms with van der Waals surface area (Å²) in [7, 11) is 4.41. The van der Waals surface area contributed by atoms with Crippen molar-refractivity contribution in [3.63, 3.8) is 0 Å². The zero-order valence-electron chi connectivity index (χ0n) is 18.4. The smallest absolute Gasteiger partial charge is 0.339 e. The Labute approximate surface area is 187 Å². The highest BCUT2D eigenvalue weighted by Gasteiger charge is 2.16. The van der Waals surface area contributed by atoms with Crippen molar-refractivity contribution in [1.29, 1.82) is 0 Å². The van der Waals surface area contributed by atoms with Gasteiger partial charge in [-0.25, -0.2) is 4.79 Å². The first-order valence-corrected chi connectivity index (χ1v) is 9.74. The van der Waals surface area contributed by atoms with E-state index in [1.165, 1.54) is 32.4 Å². The SMILES string of the molecule is C=CC=CC(=O)Nc1ccc(-c2ccc(OCOCCOC)c(OC)c2)cc1C(=O)OC. The highest BCUT2D eigenvalue weighted by molar-refractivity contribution is 6.05. The molecule has 2 aromatic carbocycles. The number of methoxy groups -OCH3 is 3. The van der Waals surface area contributed by atoms with Crippen LogP contribution in [0.5, 0.6) is 11.5 Å². The summed E-state index contributed by atoms with van der Waals surface area (Å²) >= 11 is 0. The van der Waals surface area contributed by atoms with Crippen LogP contribution in [0.15, 0.2) is 61.2 Å². The number of amides is 1. The third kappa shape index (κ3) is 6.97. The minimum Gasteiger partial charge on any atom is -0.493 e. The molecule has 0 aliphatic rings. The standard InChI is InChI=1S/C24H27NO7/c1-5-6-7-23(26)25-20-10-8-17(14-19(20)24(27)30-4)18-9-11-21(22(15-18)29-3)32-16-31-13-12-28-2/h5-11,14-15H,1,12-13,16H2,2-4H3,(H,25,26). The Bertz CT molecular complexity index is 969. The number of anilines is 1. The van der Waals surface area contributed by atoms with E-state index in [9.17, 15) is 9.59 Å². The maximum absolute atomic E-state index is 12.3. The molecule has 8 nitrogen and oxygen atoms in total. The molecule has 0 aliphatic carbocycles. The number of carbonyl (C=O) groups is 2. The lowest BCUT2D eigenvalue weighted by Gasteiger charge is -2.14. The summed E-state index contributed by atoms with van der Waals surface area (Å²) < 4.78 is 26.1. The van der Waals surface area contributed by atoms with Gasteiger partial charge in [-0.3, -0.25) is 4.79 Å².